The summed E-state index contributed by atoms with van der Waals surface area (Å²) in [5.41, 5.74) is 4.16. The fraction of sp³-hybridized carbons (Fsp3) is 0.304. The van der Waals surface area contributed by atoms with Gasteiger partial charge in [-0.05, 0) is 30.7 Å². The van der Waals surface area contributed by atoms with E-state index < -0.39 is 0 Å². The number of hydrogen-bond acceptors (Lipinski definition) is 6. The van der Waals surface area contributed by atoms with Crippen LogP contribution in [0.4, 0.5) is 5.69 Å². The maximum absolute atomic E-state index is 12.8. The lowest BCUT2D eigenvalue weighted by atomic mass is 10.2. The topological polar surface area (TPSA) is 72.1 Å². The first-order chi connectivity index (χ1) is 15.5. The van der Waals surface area contributed by atoms with Gasteiger partial charge in [0.2, 0.25) is 0 Å². The molecule has 0 radical (unpaired) electrons. The first kappa shape index (κ1) is 20.7. The number of anilines is 1. The van der Waals surface area contributed by atoms with Crippen molar-refractivity contribution in [2.24, 2.45) is 7.05 Å². The quantitative estimate of drug-likeness (QED) is 0.477. The fourth-order valence-electron chi connectivity index (χ4n) is 4.24. The van der Waals surface area contributed by atoms with E-state index in [1.165, 1.54) is 10.2 Å². The zero-order chi connectivity index (χ0) is 22.2. The summed E-state index contributed by atoms with van der Waals surface area (Å²) in [6.45, 7) is 6.11. The highest BCUT2D eigenvalue weighted by Crippen LogP contribution is 2.24. The number of nitrogens with zero attached hydrogens (tertiary/aromatic N) is 7. The Hall–Kier alpha value is -3.23. The molecule has 3 aromatic heterocycles. The first-order valence-corrected chi connectivity index (χ1v) is 11.0. The summed E-state index contributed by atoms with van der Waals surface area (Å²) < 4.78 is 3.16. The van der Waals surface area contributed by atoms with Gasteiger partial charge < -0.3 is 4.90 Å². The summed E-state index contributed by atoms with van der Waals surface area (Å²) in [7, 11) is 1.92. The van der Waals surface area contributed by atoms with Crippen LogP contribution in [0, 0.1) is 6.92 Å². The van der Waals surface area contributed by atoms with Gasteiger partial charge in [-0.15, -0.1) is 0 Å². The lowest BCUT2D eigenvalue weighted by molar-refractivity contribution is 0.249. The van der Waals surface area contributed by atoms with Crippen molar-refractivity contribution in [1.82, 2.24) is 29.4 Å². The van der Waals surface area contributed by atoms with Crippen LogP contribution in [0.5, 0.6) is 0 Å². The van der Waals surface area contributed by atoms with Gasteiger partial charge in [-0.25, -0.2) is 4.98 Å². The van der Waals surface area contributed by atoms with Gasteiger partial charge in [0.25, 0.3) is 5.56 Å². The Morgan fingerprint density at radius 3 is 2.56 bits per heavy atom. The van der Waals surface area contributed by atoms with E-state index in [1.54, 1.807) is 6.20 Å². The summed E-state index contributed by atoms with van der Waals surface area (Å²) in [6, 6.07) is 11.5. The van der Waals surface area contributed by atoms with E-state index in [9.17, 15) is 4.79 Å². The molecule has 1 aromatic carbocycles. The molecule has 0 saturated carbocycles. The van der Waals surface area contributed by atoms with E-state index in [4.69, 9.17) is 11.6 Å². The van der Waals surface area contributed by atoms with Crippen molar-refractivity contribution in [3.8, 4) is 5.69 Å². The molecule has 164 valence electrons. The van der Waals surface area contributed by atoms with Crippen LogP contribution in [0.25, 0.3) is 16.7 Å². The average molecular weight is 450 g/mol. The highest BCUT2D eigenvalue weighted by Gasteiger charge is 2.22. The van der Waals surface area contributed by atoms with Crippen LogP contribution in [0.15, 0.2) is 53.6 Å². The molecule has 8 nitrogen and oxygen atoms in total. The molecule has 1 aliphatic rings. The Balaban J connectivity index is 1.28. The molecule has 0 amide bonds. The Bertz CT molecular complexity index is 1320. The van der Waals surface area contributed by atoms with Gasteiger partial charge in [-0.2, -0.15) is 14.9 Å². The molecule has 4 heterocycles. The van der Waals surface area contributed by atoms with Crippen LogP contribution < -0.4 is 10.5 Å². The molecule has 9 heteroatoms. The van der Waals surface area contributed by atoms with Crippen molar-refractivity contribution in [2.45, 2.75) is 13.5 Å². The number of pyridine rings is 1. The van der Waals surface area contributed by atoms with Crippen LogP contribution in [0.2, 0.25) is 5.02 Å². The third-order valence-corrected chi connectivity index (χ3v) is 6.30. The lowest BCUT2D eigenvalue weighted by Gasteiger charge is -2.36. The van der Waals surface area contributed by atoms with E-state index in [1.807, 2.05) is 55.2 Å². The van der Waals surface area contributed by atoms with Crippen LogP contribution >= 0.6 is 11.6 Å². The molecule has 0 spiro atoms. The lowest BCUT2D eigenvalue weighted by Crippen LogP contribution is -2.46. The molecule has 0 aliphatic carbocycles. The van der Waals surface area contributed by atoms with Crippen molar-refractivity contribution in [1.29, 1.82) is 0 Å². The van der Waals surface area contributed by atoms with Crippen molar-refractivity contribution < 1.29 is 0 Å². The van der Waals surface area contributed by atoms with Gasteiger partial charge in [0, 0.05) is 51.4 Å². The van der Waals surface area contributed by atoms with Gasteiger partial charge in [0.15, 0.2) is 5.65 Å². The number of rotatable bonds is 4. The van der Waals surface area contributed by atoms with Gasteiger partial charge in [0.05, 0.1) is 23.3 Å². The van der Waals surface area contributed by atoms with Crippen LogP contribution in [0.1, 0.15) is 11.3 Å². The molecule has 4 aromatic rings. The van der Waals surface area contributed by atoms with E-state index in [-0.39, 0.29) is 10.6 Å². The van der Waals surface area contributed by atoms with Crippen LogP contribution in [-0.2, 0) is 13.6 Å². The van der Waals surface area contributed by atoms with Gasteiger partial charge >= 0.3 is 0 Å². The second-order valence-electron chi connectivity index (χ2n) is 8.08. The largest absolute Gasteiger partial charge is 0.366 e. The van der Waals surface area contributed by atoms with E-state index >= 15 is 0 Å². The summed E-state index contributed by atoms with van der Waals surface area (Å²) >= 11 is 6.48. The molecular formula is C23H24ClN7O. The normalized spacial score (nSPS) is 14.9. The molecule has 0 atom stereocenters. The van der Waals surface area contributed by atoms with E-state index in [2.05, 4.69) is 31.0 Å². The number of benzene rings is 1. The van der Waals surface area contributed by atoms with Gasteiger partial charge in [-0.1, -0.05) is 29.8 Å². The Morgan fingerprint density at radius 2 is 1.81 bits per heavy atom. The molecule has 32 heavy (non-hydrogen) atoms. The number of hydrogen-bond donors (Lipinski definition) is 0. The first-order valence-electron chi connectivity index (χ1n) is 10.6. The molecule has 0 unspecified atom stereocenters. The second-order valence-corrected chi connectivity index (χ2v) is 8.46. The van der Waals surface area contributed by atoms with Gasteiger partial charge in [-0.3, -0.25) is 14.4 Å². The predicted octanol–water partition coefficient (Wildman–Crippen LogP) is 2.80. The molecule has 1 saturated heterocycles. The number of para-hydroxylation sites is 1. The fourth-order valence-corrected chi connectivity index (χ4v) is 4.49. The average Bonchev–Trinajstić information content (AvgIpc) is 3.10. The van der Waals surface area contributed by atoms with Crippen molar-refractivity contribution in [3.63, 3.8) is 0 Å². The standard InChI is InChI=1S/C23H24ClN7O/c1-16-19-12-17(13-25-22(19)28(2)27-16)15-29-8-10-30(11-9-29)20-14-26-31(23(32)21(20)24)18-6-4-3-5-7-18/h3-7,12-14H,8-11,15H2,1-2H3. The van der Waals surface area contributed by atoms with Crippen LogP contribution in [0.3, 0.4) is 0 Å². The zero-order valence-corrected chi connectivity index (χ0v) is 18.8. The number of aryl methyl sites for hydroxylation is 2. The SMILES string of the molecule is Cc1nn(C)c2ncc(CN3CCN(c4cnn(-c5ccccc5)c(=O)c4Cl)CC3)cc12. The number of piperazine rings is 1. The van der Waals surface area contributed by atoms with Crippen molar-refractivity contribution in [3.05, 3.63) is 75.4 Å². The van der Waals surface area contributed by atoms with Gasteiger partial charge in [0.1, 0.15) is 5.02 Å². The molecule has 1 aliphatic heterocycles. The maximum atomic E-state index is 12.8. The molecule has 0 N–H and O–H groups in total. The third-order valence-electron chi connectivity index (χ3n) is 5.94. The summed E-state index contributed by atoms with van der Waals surface area (Å²) in [4.78, 5) is 21.9. The van der Waals surface area contributed by atoms with Crippen molar-refractivity contribution in [2.75, 3.05) is 31.1 Å². The number of aromatic nitrogens is 5. The molecular weight excluding hydrogens is 426 g/mol. The molecule has 1 fully saturated rings. The number of fused-ring (bicyclic) bond motifs is 1. The molecule has 5 rings (SSSR count). The third kappa shape index (κ3) is 3.76. The van der Waals surface area contributed by atoms with Crippen LogP contribution in [-0.4, -0.2) is 55.6 Å². The van der Waals surface area contributed by atoms with E-state index in [0.29, 0.717) is 11.4 Å². The Kier molecular flexibility index (Phi) is 5.40. The summed E-state index contributed by atoms with van der Waals surface area (Å²) in [5.74, 6) is 0. The smallest absolute Gasteiger partial charge is 0.292 e. The van der Waals surface area contributed by atoms with E-state index in [0.717, 1.165) is 49.5 Å². The minimum absolute atomic E-state index is 0.207. The Morgan fingerprint density at radius 1 is 1.06 bits per heavy atom. The van der Waals surface area contributed by atoms with Crippen molar-refractivity contribution >= 4 is 28.3 Å². The zero-order valence-electron chi connectivity index (χ0n) is 18.1. The minimum atomic E-state index is -0.302. The number of halogens is 1. The summed E-state index contributed by atoms with van der Waals surface area (Å²) in [6.07, 6.45) is 3.62. The monoisotopic (exact) mass is 449 g/mol. The molecule has 0 bridgehead atoms. The minimum Gasteiger partial charge on any atom is -0.366 e. The Labute approximate surface area is 190 Å². The highest BCUT2D eigenvalue weighted by molar-refractivity contribution is 6.33. The maximum Gasteiger partial charge on any atom is 0.292 e. The second kappa shape index (κ2) is 8.37. The summed E-state index contributed by atoms with van der Waals surface area (Å²) in [5, 5.41) is 10.1. The highest BCUT2D eigenvalue weighted by atomic mass is 35.5. The predicted molar refractivity (Wildman–Crippen MR) is 126 cm³/mol.